The predicted molar refractivity (Wildman–Crippen MR) is 82.3 cm³/mol. The maximum absolute atomic E-state index is 6.05. The average molecular weight is 296 g/mol. The second-order valence-corrected chi connectivity index (χ2v) is 5.89. The van der Waals surface area contributed by atoms with Gasteiger partial charge in [-0.2, -0.15) is 0 Å². The van der Waals surface area contributed by atoms with Crippen molar-refractivity contribution in [1.29, 1.82) is 0 Å². The van der Waals surface area contributed by atoms with Crippen LogP contribution in [0.25, 0.3) is 0 Å². The summed E-state index contributed by atoms with van der Waals surface area (Å²) >= 11 is 7.84. The summed E-state index contributed by atoms with van der Waals surface area (Å²) in [5.41, 5.74) is 0. The van der Waals surface area contributed by atoms with Crippen LogP contribution in [0.4, 0.5) is 5.82 Å². The van der Waals surface area contributed by atoms with Crippen molar-refractivity contribution in [2.75, 3.05) is 18.5 Å². The number of halogens is 1. The van der Waals surface area contributed by atoms with Crippen LogP contribution in [0.3, 0.4) is 0 Å². The highest BCUT2D eigenvalue weighted by Crippen LogP contribution is 2.17. The second-order valence-electron chi connectivity index (χ2n) is 4.47. The van der Waals surface area contributed by atoms with Crippen LogP contribution in [0.15, 0.2) is 23.6 Å². The van der Waals surface area contributed by atoms with E-state index in [0.717, 1.165) is 37.4 Å². The van der Waals surface area contributed by atoms with Gasteiger partial charge < -0.3 is 4.90 Å². The van der Waals surface area contributed by atoms with Gasteiger partial charge in [-0.05, 0) is 24.3 Å². The van der Waals surface area contributed by atoms with Crippen molar-refractivity contribution >= 4 is 28.8 Å². The van der Waals surface area contributed by atoms with E-state index in [1.807, 2.05) is 13.1 Å². The molecule has 0 aliphatic heterocycles. The molecule has 2 rings (SSSR count). The molecule has 0 fully saturated rings. The molecule has 0 aliphatic carbocycles. The van der Waals surface area contributed by atoms with Crippen LogP contribution in [0.2, 0.25) is 5.15 Å². The van der Waals surface area contributed by atoms with Gasteiger partial charge >= 0.3 is 0 Å². The van der Waals surface area contributed by atoms with Crippen molar-refractivity contribution in [2.45, 2.75) is 26.2 Å². The van der Waals surface area contributed by atoms with Crippen LogP contribution in [-0.2, 0) is 12.8 Å². The van der Waals surface area contributed by atoms with Gasteiger partial charge in [0.1, 0.15) is 16.8 Å². The number of thiophene rings is 1. The van der Waals surface area contributed by atoms with E-state index in [4.69, 9.17) is 11.6 Å². The number of nitrogens with zero attached hydrogens (tertiary/aromatic N) is 3. The topological polar surface area (TPSA) is 29.0 Å². The van der Waals surface area contributed by atoms with E-state index in [9.17, 15) is 0 Å². The normalized spacial score (nSPS) is 10.7. The van der Waals surface area contributed by atoms with Gasteiger partial charge in [-0.1, -0.05) is 24.6 Å². The minimum Gasteiger partial charge on any atom is -0.359 e. The van der Waals surface area contributed by atoms with Crippen molar-refractivity contribution in [3.05, 3.63) is 39.4 Å². The number of aromatic nitrogens is 2. The van der Waals surface area contributed by atoms with E-state index in [0.29, 0.717) is 5.15 Å². The number of anilines is 1. The minimum absolute atomic E-state index is 0.524. The van der Waals surface area contributed by atoms with Gasteiger partial charge in [0.2, 0.25) is 0 Å². The Kier molecular flexibility index (Phi) is 5.16. The zero-order chi connectivity index (χ0) is 13.7. The fraction of sp³-hybridized carbons (Fsp3) is 0.429. The van der Waals surface area contributed by atoms with Gasteiger partial charge in [0.25, 0.3) is 0 Å². The Bertz CT molecular complexity index is 513. The summed E-state index contributed by atoms with van der Waals surface area (Å²) in [6.07, 6.45) is 2.92. The Balaban J connectivity index is 2.03. The van der Waals surface area contributed by atoms with Crippen LogP contribution < -0.4 is 4.90 Å². The first-order chi connectivity index (χ1) is 9.19. The summed E-state index contributed by atoms with van der Waals surface area (Å²) < 4.78 is 0. The monoisotopic (exact) mass is 295 g/mol. The fourth-order valence-electron chi connectivity index (χ4n) is 1.83. The zero-order valence-electron chi connectivity index (χ0n) is 11.3. The Hall–Kier alpha value is -1.13. The van der Waals surface area contributed by atoms with Crippen LogP contribution >= 0.6 is 22.9 Å². The summed E-state index contributed by atoms with van der Waals surface area (Å²) in [7, 11) is 2.04. The lowest BCUT2D eigenvalue weighted by Crippen LogP contribution is -2.21. The molecule has 2 heterocycles. The smallest absolute Gasteiger partial charge is 0.134 e. The summed E-state index contributed by atoms with van der Waals surface area (Å²) in [4.78, 5) is 12.3. The molecule has 2 aromatic rings. The molecule has 0 saturated heterocycles. The summed E-state index contributed by atoms with van der Waals surface area (Å²) in [6, 6.07) is 6.07. The van der Waals surface area contributed by atoms with Crippen molar-refractivity contribution in [1.82, 2.24) is 9.97 Å². The van der Waals surface area contributed by atoms with E-state index in [-0.39, 0.29) is 0 Å². The van der Waals surface area contributed by atoms with Gasteiger partial charge in [-0.15, -0.1) is 11.3 Å². The van der Waals surface area contributed by atoms with Gasteiger partial charge in [-0.3, -0.25) is 0 Å². The molecule has 0 atom stereocenters. The molecule has 0 aliphatic rings. The third kappa shape index (κ3) is 4.18. The lowest BCUT2D eigenvalue weighted by atomic mass is 10.3. The molecule has 5 heteroatoms. The third-order valence-electron chi connectivity index (χ3n) is 2.87. The molecule has 0 amide bonds. The van der Waals surface area contributed by atoms with Crippen molar-refractivity contribution in [3.8, 4) is 0 Å². The second kappa shape index (κ2) is 6.87. The van der Waals surface area contributed by atoms with Gasteiger partial charge in [0, 0.05) is 31.0 Å². The molecule has 0 spiro atoms. The number of hydrogen-bond donors (Lipinski definition) is 0. The van der Waals surface area contributed by atoms with Crippen LogP contribution in [-0.4, -0.2) is 23.6 Å². The van der Waals surface area contributed by atoms with Crippen LogP contribution in [0, 0.1) is 0 Å². The highest BCUT2D eigenvalue weighted by atomic mass is 35.5. The Morgan fingerprint density at radius 1 is 1.32 bits per heavy atom. The van der Waals surface area contributed by atoms with Crippen molar-refractivity contribution in [3.63, 3.8) is 0 Å². The number of aryl methyl sites for hydroxylation is 1. The molecule has 102 valence electrons. The number of likely N-dealkylation sites (N-methyl/N-ethyl adjacent to an activating group) is 1. The summed E-state index contributed by atoms with van der Waals surface area (Å²) in [6.45, 7) is 3.05. The Morgan fingerprint density at radius 3 is 2.84 bits per heavy atom. The predicted octanol–water partition coefficient (Wildman–Crippen LogP) is 3.82. The molecular weight excluding hydrogens is 278 g/mol. The molecule has 3 nitrogen and oxygen atoms in total. The molecule has 0 N–H and O–H groups in total. The van der Waals surface area contributed by atoms with E-state index < -0.39 is 0 Å². The maximum Gasteiger partial charge on any atom is 0.134 e. The number of hydrogen-bond acceptors (Lipinski definition) is 4. The highest BCUT2D eigenvalue weighted by Gasteiger charge is 2.07. The molecule has 2 aromatic heterocycles. The molecule has 0 aromatic carbocycles. The molecule has 19 heavy (non-hydrogen) atoms. The van der Waals surface area contributed by atoms with Gasteiger partial charge in [0.05, 0.1) is 0 Å². The SMILES string of the molecule is CCCc1nc(Cl)cc(N(C)CCc2cccs2)n1. The first-order valence-electron chi connectivity index (χ1n) is 6.46. The zero-order valence-corrected chi connectivity index (χ0v) is 12.8. The van der Waals surface area contributed by atoms with E-state index in [2.05, 4.69) is 39.3 Å². The van der Waals surface area contributed by atoms with Crippen LogP contribution in [0.5, 0.6) is 0 Å². The summed E-state index contributed by atoms with van der Waals surface area (Å²) in [5, 5.41) is 2.63. The highest BCUT2D eigenvalue weighted by molar-refractivity contribution is 7.09. The first kappa shape index (κ1) is 14.3. The quantitative estimate of drug-likeness (QED) is 0.759. The lowest BCUT2D eigenvalue weighted by Gasteiger charge is -2.18. The van der Waals surface area contributed by atoms with Crippen molar-refractivity contribution in [2.24, 2.45) is 0 Å². The van der Waals surface area contributed by atoms with E-state index >= 15 is 0 Å². The first-order valence-corrected chi connectivity index (χ1v) is 7.71. The lowest BCUT2D eigenvalue weighted by molar-refractivity contribution is 0.807. The molecule has 0 radical (unpaired) electrons. The molecule has 0 saturated carbocycles. The minimum atomic E-state index is 0.524. The fourth-order valence-corrected chi connectivity index (χ4v) is 2.72. The molecular formula is C14H18ClN3S. The average Bonchev–Trinajstić information content (AvgIpc) is 2.88. The summed E-state index contributed by atoms with van der Waals surface area (Å²) in [5.74, 6) is 1.73. The molecule has 0 bridgehead atoms. The van der Waals surface area contributed by atoms with Gasteiger partial charge in [-0.25, -0.2) is 9.97 Å². The largest absolute Gasteiger partial charge is 0.359 e. The standard InChI is InChI=1S/C14H18ClN3S/c1-3-5-13-16-12(15)10-14(17-13)18(2)8-7-11-6-4-9-19-11/h4,6,9-10H,3,5,7-8H2,1-2H3. The third-order valence-corrected chi connectivity index (χ3v) is 4.00. The Labute approximate surface area is 123 Å². The van der Waals surface area contributed by atoms with Gasteiger partial charge in [0.15, 0.2) is 0 Å². The van der Waals surface area contributed by atoms with Crippen molar-refractivity contribution < 1.29 is 0 Å². The molecule has 0 unspecified atom stereocenters. The van der Waals surface area contributed by atoms with Crippen LogP contribution in [0.1, 0.15) is 24.0 Å². The van der Waals surface area contributed by atoms with E-state index in [1.165, 1.54) is 4.88 Å². The maximum atomic E-state index is 6.05. The number of rotatable bonds is 6. The Morgan fingerprint density at radius 2 is 2.16 bits per heavy atom. The van der Waals surface area contributed by atoms with E-state index in [1.54, 1.807) is 11.3 Å².